The highest BCUT2D eigenvalue weighted by atomic mass is 35.5. The van der Waals surface area contributed by atoms with Crippen molar-refractivity contribution in [2.45, 2.75) is 0 Å². The predicted octanol–water partition coefficient (Wildman–Crippen LogP) is 4.20. The number of ether oxygens (including phenoxy) is 1. The van der Waals surface area contributed by atoms with Crippen LogP contribution in [0.3, 0.4) is 0 Å². The Morgan fingerprint density at radius 2 is 1.96 bits per heavy atom. The zero-order valence-corrected chi connectivity index (χ0v) is 12.3. The predicted molar refractivity (Wildman–Crippen MR) is 83.5 cm³/mol. The molecule has 1 heterocycles. The van der Waals surface area contributed by atoms with Crippen molar-refractivity contribution in [2.24, 2.45) is 0 Å². The van der Waals surface area contributed by atoms with Crippen molar-refractivity contribution >= 4 is 34.4 Å². The molecule has 1 aromatic heterocycles. The summed E-state index contributed by atoms with van der Waals surface area (Å²) in [5.41, 5.74) is -0.0855. The third-order valence-corrected chi connectivity index (χ3v) is 3.27. The maximum absolute atomic E-state index is 13.1. The third kappa shape index (κ3) is 3.32. The van der Waals surface area contributed by atoms with Crippen LogP contribution < -0.4 is 15.7 Å². The molecule has 116 valence electrons. The molecule has 0 fully saturated rings. The van der Waals surface area contributed by atoms with Crippen LogP contribution in [-0.2, 0) is 0 Å². The van der Waals surface area contributed by atoms with Crippen LogP contribution in [-0.4, -0.2) is 6.09 Å². The molecular weight excluding hydrogens is 325 g/mol. The number of amides is 1. The van der Waals surface area contributed by atoms with E-state index in [2.05, 4.69) is 5.32 Å². The highest BCUT2D eigenvalue weighted by Crippen LogP contribution is 2.24. The smallest absolute Gasteiger partial charge is 0.417 e. The molecule has 0 unspecified atom stereocenters. The molecule has 2 aromatic carbocycles. The number of para-hydroxylation sites is 1. The second-order valence-electron chi connectivity index (χ2n) is 4.57. The fraction of sp³-hybridized carbons (Fsp3) is 0. The van der Waals surface area contributed by atoms with Crippen LogP contribution in [0.4, 0.5) is 14.9 Å². The average molecular weight is 334 g/mol. The number of carbonyl (C=O) groups is 1. The highest BCUT2D eigenvalue weighted by molar-refractivity contribution is 6.31. The fourth-order valence-corrected chi connectivity index (χ4v) is 2.16. The van der Waals surface area contributed by atoms with Crippen LogP contribution in [0.25, 0.3) is 11.0 Å². The topological polar surface area (TPSA) is 68.5 Å². The molecule has 3 rings (SSSR count). The summed E-state index contributed by atoms with van der Waals surface area (Å²) >= 11 is 5.64. The molecule has 0 aliphatic heterocycles. The van der Waals surface area contributed by atoms with Crippen LogP contribution in [0.15, 0.2) is 57.7 Å². The Morgan fingerprint density at radius 1 is 1.17 bits per heavy atom. The molecule has 1 amide bonds. The van der Waals surface area contributed by atoms with Crippen LogP contribution in [0.2, 0.25) is 5.02 Å². The molecule has 0 radical (unpaired) electrons. The second kappa shape index (κ2) is 6.10. The van der Waals surface area contributed by atoms with Crippen molar-refractivity contribution in [1.82, 2.24) is 0 Å². The van der Waals surface area contributed by atoms with Gasteiger partial charge in [0.05, 0.1) is 16.5 Å². The Balaban J connectivity index is 1.85. The molecule has 0 saturated carbocycles. The molecular formula is C16H9ClFNO4. The molecule has 0 aliphatic rings. The number of hydrogen-bond donors (Lipinski definition) is 1. The van der Waals surface area contributed by atoms with Gasteiger partial charge in [-0.25, -0.2) is 14.0 Å². The van der Waals surface area contributed by atoms with Crippen molar-refractivity contribution in [3.05, 3.63) is 69.8 Å². The summed E-state index contributed by atoms with van der Waals surface area (Å²) in [5, 5.41) is 2.74. The van der Waals surface area contributed by atoms with Crippen LogP contribution in [0.1, 0.15) is 0 Å². The maximum atomic E-state index is 13.1. The SMILES string of the molecule is O=C(Nc1ccc(F)c(Cl)c1)Oc1cc(=O)oc2ccccc12. The minimum atomic E-state index is -0.844. The Labute approximate surface area is 134 Å². The Hall–Kier alpha value is -2.86. The van der Waals surface area contributed by atoms with Crippen molar-refractivity contribution in [1.29, 1.82) is 0 Å². The minimum Gasteiger partial charge on any atom is -0.422 e. The van der Waals surface area contributed by atoms with E-state index in [9.17, 15) is 14.0 Å². The summed E-state index contributed by atoms with van der Waals surface area (Å²) in [6.45, 7) is 0. The van der Waals surface area contributed by atoms with Gasteiger partial charge < -0.3 is 9.15 Å². The van der Waals surface area contributed by atoms with Crippen molar-refractivity contribution < 1.29 is 18.3 Å². The first-order chi connectivity index (χ1) is 11.0. The molecule has 5 nitrogen and oxygen atoms in total. The molecule has 1 N–H and O–H groups in total. The average Bonchev–Trinajstić information content (AvgIpc) is 2.51. The van der Waals surface area contributed by atoms with Gasteiger partial charge >= 0.3 is 11.7 Å². The zero-order chi connectivity index (χ0) is 16.4. The first kappa shape index (κ1) is 15.1. The number of benzene rings is 2. The lowest BCUT2D eigenvalue weighted by Gasteiger charge is -2.08. The molecule has 0 saturated heterocycles. The van der Waals surface area contributed by atoms with Crippen molar-refractivity contribution in [2.75, 3.05) is 5.32 Å². The van der Waals surface area contributed by atoms with E-state index in [4.69, 9.17) is 20.8 Å². The molecule has 0 aliphatic carbocycles. The van der Waals surface area contributed by atoms with Gasteiger partial charge in [0.2, 0.25) is 0 Å². The number of nitrogens with one attached hydrogen (secondary N) is 1. The lowest BCUT2D eigenvalue weighted by molar-refractivity contribution is 0.215. The Morgan fingerprint density at radius 3 is 2.74 bits per heavy atom. The van der Waals surface area contributed by atoms with Gasteiger partial charge in [0.15, 0.2) is 5.75 Å². The highest BCUT2D eigenvalue weighted by Gasteiger charge is 2.12. The molecule has 0 bridgehead atoms. The summed E-state index contributed by atoms with van der Waals surface area (Å²) in [6.07, 6.45) is -0.844. The van der Waals surface area contributed by atoms with Gasteiger partial charge in [0, 0.05) is 5.69 Å². The number of hydrogen-bond acceptors (Lipinski definition) is 4. The maximum Gasteiger partial charge on any atom is 0.417 e. The van der Waals surface area contributed by atoms with E-state index >= 15 is 0 Å². The Kier molecular flexibility index (Phi) is 3.99. The van der Waals surface area contributed by atoms with E-state index in [1.165, 1.54) is 12.1 Å². The molecule has 0 atom stereocenters. The van der Waals surface area contributed by atoms with Gasteiger partial charge in [-0.1, -0.05) is 23.7 Å². The van der Waals surface area contributed by atoms with E-state index < -0.39 is 17.5 Å². The van der Waals surface area contributed by atoms with Gasteiger partial charge in [-0.05, 0) is 30.3 Å². The number of carbonyl (C=O) groups excluding carboxylic acids is 1. The summed E-state index contributed by atoms with van der Waals surface area (Å²) in [6, 6.07) is 11.4. The fourth-order valence-electron chi connectivity index (χ4n) is 1.98. The molecule has 3 aromatic rings. The van der Waals surface area contributed by atoms with Gasteiger partial charge in [-0.2, -0.15) is 0 Å². The van der Waals surface area contributed by atoms with Gasteiger partial charge in [-0.3, -0.25) is 5.32 Å². The van der Waals surface area contributed by atoms with Crippen molar-refractivity contribution in [3.63, 3.8) is 0 Å². The number of anilines is 1. The standard InChI is InChI=1S/C16H9ClFNO4/c17-11-7-9(5-6-12(11)18)19-16(21)23-14-8-15(20)22-13-4-2-1-3-10(13)14/h1-8H,(H,19,21). The first-order valence-corrected chi connectivity index (χ1v) is 6.87. The van der Waals surface area contributed by atoms with E-state index in [-0.39, 0.29) is 16.5 Å². The zero-order valence-electron chi connectivity index (χ0n) is 11.5. The van der Waals surface area contributed by atoms with E-state index in [1.54, 1.807) is 24.3 Å². The Bertz CT molecular complexity index is 954. The quantitative estimate of drug-likeness (QED) is 0.714. The minimum absolute atomic E-state index is 0.0579. The second-order valence-corrected chi connectivity index (χ2v) is 4.98. The lowest BCUT2D eigenvalue weighted by Crippen LogP contribution is -2.17. The lowest BCUT2D eigenvalue weighted by atomic mass is 10.2. The first-order valence-electron chi connectivity index (χ1n) is 6.50. The third-order valence-electron chi connectivity index (χ3n) is 2.98. The number of halogens is 2. The summed E-state index contributed by atoms with van der Waals surface area (Å²) in [7, 11) is 0. The van der Waals surface area contributed by atoms with Crippen LogP contribution in [0.5, 0.6) is 5.75 Å². The molecule has 23 heavy (non-hydrogen) atoms. The normalized spacial score (nSPS) is 10.5. The molecule has 7 heteroatoms. The summed E-state index contributed by atoms with van der Waals surface area (Å²) in [5.74, 6) is -0.542. The monoisotopic (exact) mass is 333 g/mol. The van der Waals surface area contributed by atoms with Gasteiger partial charge in [0.25, 0.3) is 0 Å². The van der Waals surface area contributed by atoms with Crippen molar-refractivity contribution in [3.8, 4) is 5.75 Å². The van der Waals surface area contributed by atoms with E-state index in [0.717, 1.165) is 12.1 Å². The largest absolute Gasteiger partial charge is 0.422 e. The van der Waals surface area contributed by atoms with Gasteiger partial charge in [0.1, 0.15) is 11.4 Å². The van der Waals surface area contributed by atoms with E-state index in [0.29, 0.717) is 11.0 Å². The molecule has 0 spiro atoms. The van der Waals surface area contributed by atoms with Crippen LogP contribution in [0, 0.1) is 5.82 Å². The number of rotatable bonds is 2. The summed E-state index contributed by atoms with van der Waals surface area (Å²) < 4.78 is 23.2. The number of fused-ring (bicyclic) bond motifs is 1. The van der Waals surface area contributed by atoms with Gasteiger partial charge in [-0.15, -0.1) is 0 Å². The van der Waals surface area contributed by atoms with E-state index in [1.807, 2.05) is 0 Å². The summed E-state index contributed by atoms with van der Waals surface area (Å²) in [4.78, 5) is 23.4. The van der Waals surface area contributed by atoms with Crippen LogP contribution >= 0.6 is 11.6 Å².